The highest BCUT2D eigenvalue weighted by Gasteiger charge is 2.14. The molecule has 180 valence electrons. The van der Waals surface area contributed by atoms with Crippen LogP contribution in [0.5, 0.6) is 5.75 Å². The maximum atomic E-state index is 13.0. The van der Waals surface area contributed by atoms with Crippen LogP contribution in [0.4, 0.5) is 5.69 Å². The number of aromatic amines is 1. The lowest BCUT2D eigenvalue weighted by Gasteiger charge is -2.17. The van der Waals surface area contributed by atoms with Gasteiger partial charge in [-0.3, -0.25) is 14.8 Å². The Labute approximate surface area is 214 Å². The number of halogens is 1. The van der Waals surface area contributed by atoms with E-state index in [1.54, 1.807) is 18.5 Å². The van der Waals surface area contributed by atoms with E-state index in [9.17, 15) is 4.79 Å². The average molecular weight is 497 g/mol. The number of aromatic nitrogens is 3. The summed E-state index contributed by atoms with van der Waals surface area (Å²) in [7, 11) is 0. The minimum absolute atomic E-state index is 0.165. The number of aryl methyl sites for hydroxylation is 1. The number of nitrogens with zero attached hydrogens (tertiary/aromatic N) is 2. The second kappa shape index (κ2) is 10.2. The third-order valence-corrected chi connectivity index (χ3v) is 6.37. The van der Waals surface area contributed by atoms with Crippen LogP contribution in [-0.4, -0.2) is 15.0 Å². The van der Waals surface area contributed by atoms with E-state index in [-0.39, 0.29) is 18.2 Å². The molecule has 7 heteroatoms. The molecule has 0 bridgehead atoms. The summed E-state index contributed by atoms with van der Waals surface area (Å²) in [5.74, 6) is 0.493. The summed E-state index contributed by atoms with van der Waals surface area (Å²) in [5, 5.41) is 4.76. The van der Waals surface area contributed by atoms with Gasteiger partial charge in [-0.15, -0.1) is 0 Å². The monoisotopic (exact) mass is 496 g/mol. The van der Waals surface area contributed by atoms with Gasteiger partial charge >= 0.3 is 0 Å². The number of anilines is 1. The predicted octanol–water partition coefficient (Wildman–Crippen LogP) is 6.70. The second-order valence-electron chi connectivity index (χ2n) is 8.67. The second-order valence-corrected chi connectivity index (χ2v) is 9.08. The molecule has 6 nitrogen and oxygen atoms in total. The van der Waals surface area contributed by atoms with Crippen molar-refractivity contribution in [2.24, 2.45) is 0 Å². The normalized spacial score (nSPS) is 11.9. The SMILES string of the molecule is Cc1cnccc1-c1cccc(N[C@@H](C)c2cc3cc(Cl)c(OCc4ccccn4)cc3[nH]c2=O)c1. The first kappa shape index (κ1) is 23.6. The molecule has 0 radical (unpaired) electrons. The fraction of sp³-hybridized carbons (Fsp3) is 0.138. The fourth-order valence-electron chi connectivity index (χ4n) is 4.19. The lowest BCUT2D eigenvalue weighted by atomic mass is 10.0. The van der Waals surface area contributed by atoms with Crippen LogP contribution < -0.4 is 15.6 Å². The van der Waals surface area contributed by atoms with E-state index in [1.807, 2.05) is 68.6 Å². The minimum atomic E-state index is -0.231. The molecular formula is C29H25ClN4O2. The van der Waals surface area contributed by atoms with Gasteiger partial charge in [0.2, 0.25) is 0 Å². The van der Waals surface area contributed by atoms with E-state index in [1.165, 1.54) is 0 Å². The average Bonchev–Trinajstić information content (AvgIpc) is 2.88. The Hall–Kier alpha value is -4.16. The molecule has 0 aliphatic carbocycles. The van der Waals surface area contributed by atoms with Crippen molar-refractivity contribution in [1.29, 1.82) is 0 Å². The van der Waals surface area contributed by atoms with Crippen LogP contribution in [0.25, 0.3) is 22.0 Å². The van der Waals surface area contributed by atoms with E-state index >= 15 is 0 Å². The Balaban J connectivity index is 1.38. The van der Waals surface area contributed by atoms with Gasteiger partial charge in [0, 0.05) is 41.3 Å². The molecule has 5 aromatic rings. The molecule has 0 saturated carbocycles. The van der Waals surface area contributed by atoms with Crippen LogP contribution in [0.2, 0.25) is 5.02 Å². The molecule has 5 rings (SSSR count). The summed E-state index contributed by atoms with van der Waals surface area (Å²) >= 11 is 6.50. The van der Waals surface area contributed by atoms with Gasteiger partial charge in [-0.05, 0) is 73.0 Å². The van der Waals surface area contributed by atoms with Gasteiger partial charge in [0.1, 0.15) is 12.4 Å². The van der Waals surface area contributed by atoms with Crippen molar-refractivity contribution >= 4 is 28.2 Å². The maximum Gasteiger partial charge on any atom is 0.253 e. The molecule has 3 aromatic heterocycles. The molecule has 0 saturated heterocycles. The number of nitrogens with one attached hydrogen (secondary N) is 2. The van der Waals surface area contributed by atoms with Gasteiger partial charge in [0.05, 0.1) is 22.3 Å². The predicted molar refractivity (Wildman–Crippen MR) is 145 cm³/mol. The minimum Gasteiger partial charge on any atom is -0.486 e. The molecule has 0 aliphatic heterocycles. The molecule has 0 spiro atoms. The van der Waals surface area contributed by atoms with E-state index in [4.69, 9.17) is 16.3 Å². The first-order chi connectivity index (χ1) is 17.5. The van der Waals surface area contributed by atoms with Crippen molar-refractivity contribution in [3.8, 4) is 16.9 Å². The third-order valence-electron chi connectivity index (χ3n) is 6.07. The summed E-state index contributed by atoms with van der Waals surface area (Å²) in [4.78, 5) is 24.4. The van der Waals surface area contributed by atoms with Crippen LogP contribution in [0.15, 0.2) is 90.1 Å². The summed E-state index contributed by atoms with van der Waals surface area (Å²) in [6, 6.07) is 21.0. The molecule has 2 N–H and O–H groups in total. The lowest BCUT2D eigenvalue weighted by Crippen LogP contribution is -2.19. The van der Waals surface area contributed by atoms with Crippen LogP contribution in [0.3, 0.4) is 0 Å². The smallest absolute Gasteiger partial charge is 0.253 e. The number of ether oxygens (including phenoxy) is 1. The molecule has 0 fully saturated rings. The number of hydrogen-bond acceptors (Lipinski definition) is 5. The Morgan fingerprint density at radius 2 is 1.94 bits per heavy atom. The van der Waals surface area contributed by atoms with Gasteiger partial charge in [-0.25, -0.2) is 0 Å². The molecule has 1 atom stereocenters. The number of hydrogen-bond donors (Lipinski definition) is 2. The van der Waals surface area contributed by atoms with E-state index < -0.39 is 0 Å². The van der Waals surface area contributed by atoms with Gasteiger partial charge in [0.25, 0.3) is 5.56 Å². The fourth-order valence-corrected chi connectivity index (χ4v) is 4.42. The zero-order valence-electron chi connectivity index (χ0n) is 20.0. The quantitative estimate of drug-likeness (QED) is 0.262. The number of benzene rings is 2. The van der Waals surface area contributed by atoms with E-state index in [0.717, 1.165) is 33.5 Å². The molecule has 0 aliphatic rings. The standard InChI is InChI=1S/C29H25ClN4O2/c1-18-16-31-11-9-24(18)20-6-5-8-22(12-20)33-19(2)25-13-21-14-26(30)28(15-27(21)34-29(25)35)36-17-23-7-3-4-10-32-23/h3-16,19,33H,17H2,1-2H3,(H,34,35)/t19-/m0/s1. The first-order valence-corrected chi connectivity index (χ1v) is 12.0. The Kier molecular flexibility index (Phi) is 6.69. The van der Waals surface area contributed by atoms with E-state index in [0.29, 0.717) is 21.9 Å². The van der Waals surface area contributed by atoms with Gasteiger partial charge in [-0.1, -0.05) is 29.8 Å². The van der Waals surface area contributed by atoms with Crippen LogP contribution in [0.1, 0.15) is 29.8 Å². The molecule has 0 amide bonds. The highest BCUT2D eigenvalue weighted by molar-refractivity contribution is 6.32. The van der Waals surface area contributed by atoms with Gasteiger partial charge in [-0.2, -0.15) is 0 Å². The molecule has 0 unspecified atom stereocenters. The molecule has 2 aromatic carbocycles. The number of pyridine rings is 3. The number of H-pyrrole nitrogens is 1. The van der Waals surface area contributed by atoms with Gasteiger partial charge in [0.15, 0.2) is 0 Å². The zero-order chi connectivity index (χ0) is 25.1. The van der Waals surface area contributed by atoms with Crippen molar-refractivity contribution in [3.05, 3.63) is 118 Å². The summed E-state index contributed by atoms with van der Waals surface area (Å²) in [6.45, 7) is 4.29. The third kappa shape index (κ3) is 5.09. The van der Waals surface area contributed by atoms with Crippen molar-refractivity contribution in [2.45, 2.75) is 26.5 Å². The van der Waals surface area contributed by atoms with Crippen molar-refractivity contribution in [3.63, 3.8) is 0 Å². The van der Waals surface area contributed by atoms with Crippen molar-refractivity contribution in [2.75, 3.05) is 5.32 Å². The van der Waals surface area contributed by atoms with Gasteiger partial charge < -0.3 is 15.0 Å². The van der Waals surface area contributed by atoms with Crippen molar-refractivity contribution < 1.29 is 4.74 Å². The highest BCUT2D eigenvalue weighted by Crippen LogP contribution is 2.31. The zero-order valence-corrected chi connectivity index (χ0v) is 20.7. The number of fused-ring (bicyclic) bond motifs is 1. The van der Waals surface area contributed by atoms with Crippen molar-refractivity contribution in [1.82, 2.24) is 15.0 Å². The largest absolute Gasteiger partial charge is 0.486 e. The van der Waals surface area contributed by atoms with Crippen LogP contribution in [-0.2, 0) is 6.61 Å². The van der Waals surface area contributed by atoms with Crippen LogP contribution >= 0.6 is 11.6 Å². The lowest BCUT2D eigenvalue weighted by molar-refractivity contribution is 0.302. The molecular weight excluding hydrogens is 472 g/mol. The maximum absolute atomic E-state index is 13.0. The first-order valence-electron chi connectivity index (χ1n) is 11.6. The topological polar surface area (TPSA) is 79.9 Å². The molecule has 36 heavy (non-hydrogen) atoms. The Morgan fingerprint density at radius 3 is 2.75 bits per heavy atom. The number of rotatable bonds is 7. The molecule has 3 heterocycles. The van der Waals surface area contributed by atoms with Crippen LogP contribution in [0, 0.1) is 6.92 Å². The Morgan fingerprint density at radius 1 is 1.06 bits per heavy atom. The van der Waals surface area contributed by atoms with E-state index in [2.05, 4.69) is 32.4 Å². The highest BCUT2D eigenvalue weighted by atomic mass is 35.5. The summed E-state index contributed by atoms with van der Waals surface area (Å²) in [5.41, 5.74) is 6.14. The Bertz CT molecular complexity index is 1580. The summed E-state index contributed by atoms with van der Waals surface area (Å²) < 4.78 is 5.85. The summed E-state index contributed by atoms with van der Waals surface area (Å²) in [6.07, 6.45) is 5.36.